The highest BCUT2D eigenvalue weighted by molar-refractivity contribution is 7.12. The van der Waals surface area contributed by atoms with Crippen LogP contribution in [0.3, 0.4) is 0 Å². The first-order chi connectivity index (χ1) is 9.02. The lowest BCUT2D eigenvalue weighted by molar-refractivity contribution is -0.154. The van der Waals surface area contributed by atoms with E-state index in [0.29, 0.717) is 12.8 Å². The van der Waals surface area contributed by atoms with E-state index in [1.54, 1.807) is 17.4 Å². The van der Waals surface area contributed by atoms with E-state index in [2.05, 4.69) is 5.32 Å². The number of aliphatic carboxylic acids is 1. The van der Waals surface area contributed by atoms with Gasteiger partial charge in [-0.05, 0) is 38.0 Å². The summed E-state index contributed by atoms with van der Waals surface area (Å²) < 4.78 is 0. The lowest BCUT2D eigenvalue weighted by atomic mass is 9.69. The number of carboxylic acids is 1. The maximum Gasteiger partial charge on any atom is 0.311 e. The highest BCUT2D eigenvalue weighted by Crippen LogP contribution is 2.40. The van der Waals surface area contributed by atoms with Crippen molar-refractivity contribution in [3.63, 3.8) is 0 Å². The first-order valence-corrected chi connectivity index (χ1v) is 7.09. The van der Waals surface area contributed by atoms with Crippen LogP contribution in [-0.4, -0.2) is 23.5 Å². The third kappa shape index (κ3) is 3.23. The van der Waals surface area contributed by atoms with Gasteiger partial charge in [0.2, 0.25) is 5.91 Å². The molecule has 1 fully saturated rings. The number of amides is 1. The molecule has 102 valence electrons. The van der Waals surface area contributed by atoms with Crippen molar-refractivity contribution in [1.82, 2.24) is 5.32 Å². The second-order valence-electron chi connectivity index (χ2n) is 4.94. The van der Waals surface area contributed by atoms with Crippen molar-refractivity contribution in [2.24, 2.45) is 5.41 Å². The van der Waals surface area contributed by atoms with Crippen LogP contribution in [0.25, 0.3) is 6.08 Å². The van der Waals surface area contributed by atoms with Gasteiger partial charge in [-0.3, -0.25) is 9.59 Å². The van der Waals surface area contributed by atoms with Gasteiger partial charge in [0.25, 0.3) is 0 Å². The number of hydrogen-bond donors (Lipinski definition) is 2. The minimum atomic E-state index is -0.808. The van der Waals surface area contributed by atoms with Gasteiger partial charge in [0, 0.05) is 22.4 Å². The van der Waals surface area contributed by atoms with Crippen molar-refractivity contribution in [2.75, 3.05) is 6.54 Å². The summed E-state index contributed by atoms with van der Waals surface area (Å²) in [6, 6.07) is 3.95. The second-order valence-corrected chi connectivity index (χ2v) is 6.26. The largest absolute Gasteiger partial charge is 0.481 e. The summed E-state index contributed by atoms with van der Waals surface area (Å²) in [5.74, 6) is -1.05. The predicted molar refractivity (Wildman–Crippen MR) is 75.0 cm³/mol. The molecule has 0 saturated heterocycles. The molecule has 0 aliphatic heterocycles. The molecule has 1 aliphatic carbocycles. The third-order valence-electron chi connectivity index (χ3n) is 3.53. The van der Waals surface area contributed by atoms with E-state index in [1.807, 2.05) is 19.1 Å². The fourth-order valence-corrected chi connectivity index (χ4v) is 2.87. The number of aryl methyl sites for hydroxylation is 1. The summed E-state index contributed by atoms with van der Waals surface area (Å²) in [6.07, 6.45) is 5.43. The van der Waals surface area contributed by atoms with Crippen molar-refractivity contribution >= 4 is 29.3 Å². The number of thiophene rings is 1. The van der Waals surface area contributed by atoms with Crippen LogP contribution in [0, 0.1) is 12.3 Å². The Bertz CT molecular complexity index is 515. The minimum absolute atomic E-state index is 0.217. The van der Waals surface area contributed by atoms with E-state index in [1.165, 1.54) is 11.0 Å². The number of carbonyl (C=O) groups is 2. The quantitative estimate of drug-likeness (QED) is 0.814. The van der Waals surface area contributed by atoms with Crippen LogP contribution in [0.5, 0.6) is 0 Å². The van der Waals surface area contributed by atoms with Gasteiger partial charge in [0.1, 0.15) is 0 Å². The molecule has 1 aromatic heterocycles. The van der Waals surface area contributed by atoms with Crippen LogP contribution in [-0.2, 0) is 9.59 Å². The van der Waals surface area contributed by atoms with Crippen LogP contribution in [0.4, 0.5) is 0 Å². The number of rotatable bonds is 5. The molecular weight excluding hydrogens is 262 g/mol. The highest BCUT2D eigenvalue weighted by atomic mass is 32.1. The van der Waals surface area contributed by atoms with Gasteiger partial charge < -0.3 is 10.4 Å². The molecule has 0 bridgehead atoms. The lowest BCUT2D eigenvalue weighted by Gasteiger charge is -2.37. The van der Waals surface area contributed by atoms with E-state index in [-0.39, 0.29) is 12.5 Å². The first-order valence-electron chi connectivity index (χ1n) is 6.28. The van der Waals surface area contributed by atoms with Gasteiger partial charge in [0.05, 0.1) is 5.41 Å². The molecule has 5 heteroatoms. The van der Waals surface area contributed by atoms with E-state index >= 15 is 0 Å². The molecule has 0 radical (unpaired) electrons. The van der Waals surface area contributed by atoms with E-state index in [9.17, 15) is 9.59 Å². The number of hydrogen-bond acceptors (Lipinski definition) is 3. The number of carbonyl (C=O) groups excluding carboxylic acids is 1. The minimum Gasteiger partial charge on any atom is -0.481 e. The Morgan fingerprint density at radius 3 is 2.68 bits per heavy atom. The van der Waals surface area contributed by atoms with E-state index in [4.69, 9.17) is 5.11 Å². The molecule has 0 aromatic carbocycles. The Labute approximate surface area is 116 Å². The van der Waals surface area contributed by atoms with Crippen LogP contribution >= 0.6 is 11.3 Å². The number of nitrogens with one attached hydrogen (secondary N) is 1. The third-order valence-corrected chi connectivity index (χ3v) is 4.49. The fourth-order valence-electron chi connectivity index (χ4n) is 2.09. The van der Waals surface area contributed by atoms with Crippen molar-refractivity contribution < 1.29 is 14.7 Å². The van der Waals surface area contributed by atoms with Crippen molar-refractivity contribution in [2.45, 2.75) is 26.2 Å². The molecule has 1 aromatic rings. The van der Waals surface area contributed by atoms with E-state index in [0.717, 1.165) is 11.3 Å². The van der Waals surface area contributed by atoms with Crippen molar-refractivity contribution in [1.29, 1.82) is 0 Å². The smallest absolute Gasteiger partial charge is 0.311 e. The van der Waals surface area contributed by atoms with Crippen LogP contribution in [0.15, 0.2) is 18.2 Å². The molecule has 1 amide bonds. The van der Waals surface area contributed by atoms with Crippen LogP contribution in [0.1, 0.15) is 29.0 Å². The molecule has 1 aliphatic rings. The average molecular weight is 279 g/mol. The Morgan fingerprint density at radius 2 is 2.21 bits per heavy atom. The average Bonchev–Trinajstić information content (AvgIpc) is 2.70. The normalized spacial score (nSPS) is 17.1. The Morgan fingerprint density at radius 1 is 1.47 bits per heavy atom. The van der Waals surface area contributed by atoms with Gasteiger partial charge in [-0.15, -0.1) is 11.3 Å². The van der Waals surface area contributed by atoms with Gasteiger partial charge >= 0.3 is 5.97 Å². The number of carboxylic acid groups (broad SMARTS) is 1. The zero-order valence-corrected chi connectivity index (χ0v) is 11.6. The van der Waals surface area contributed by atoms with Gasteiger partial charge in [-0.2, -0.15) is 0 Å². The van der Waals surface area contributed by atoms with Gasteiger partial charge in [0.15, 0.2) is 0 Å². The summed E-state index contributed by atoms with van der Waals surface area (Å²) in [7, 11) is 0. The Kier molecular flexibility index (Phi) is 4.04. The van der Waals surface area contributed by atoms with Gasteiger partial charge in [-0.25, -0.2) is 0 Å². The summed E-state index contributed by atoms with van der Waals surface area (Å²) >= 11 is 1.61. The maximum absolute atomic E-state index is 11.6. The summed E-state index contributed by atoms with van der Waals surface area (Å²) in [5.41, 5.74) is -0.733. The molecule has 2 rings (SSSR count). The molecule has 2 N–H and O–H groups in total. The van der Waals surface area contributed by atoms with Crippen molar-refractivity contribution in [3.8, 4) is 0 Å². The lowest BCUT2D eigenvalue weighted by Crippen LogP contribution is -2.47. The molecule has 1 saturated carbocycles. The van der Waals surface area contributed by atoms with Crippen molar-refractivity contribution in [3.05, 3.63) is 28.0 Å². The predicted octanol–water partition coefficient (Wildman–Crippen LogP) is 2.44. The molecule has 0 unspecified atom stereocenters. The summed E-state index contributed by atoms with van der Waals surface area (Å²) in [5, 5.41) is 11.8. The second kappa shape index (κ2) is 5.57. The molecular formula is C14H17NO3S. The first kappa shape index (κ1) is 13.8. The highest BCUT2D eigenvalue weighted by Gasteiger charge is 2.44. The fraction of sp³-hybridized carbons (Fsp3) is 0.429. The topological polar surface area (TPSA) is 66.4 Å². The van der Waals surface area contributed by atoms with Gasteiger partial charge in [-0.1, -0.05) is 6.42 Å². The summed E-state index contributed by atoms with van der Waals surface area (Å²) in [4.78, 5) is 25.0. The monoisotopic (exact) mass is 279 g/mol. The Hall–Kier alpha value is -1.62. The molecule has 1 heterocycles. The zero-order chi connectivity index (χ0) is 13.9. The van der Waals surface area contributed by atoms with Crippen LogP contribution < -0.4 is 5.32 Å². The Balaban J connectivity index is 1.85. The standard InChI is InChI=1S/C14H17NO3S/c1-10-3-4-11(19-10)5-6-12(16)15-9-14(13(17)18)7-2-8-14/h3-6H,2,7-9H2,1H3,(H,15,16)(H,17,18)/b6-5+. The summed E-state index contributed by atoms with van der Waals surface area (Å²) in [6.45, 7) is 2.23. The molecule has 0 spiro atoms. The molecule has 19 heavy (non-hydrogen) atoms. The maximum atomic E-state index is 11.6. The van der Waals surface area contributed by atoms with E-state index < -0.39 is 11.4 Å². The van der Waals surface area contributed by atoms with Crippen LogP contribution in [0.2, 0.25) is 0 Å². The molecule has 0 atom stereocenters. The SMILES string of the molecule is Cc1ccc(/C=C/C(=O)NCC2(C(=O)O)CCC2)s1. The molecule has 4 nitrogen and oxygen atoms in total. The zero-order valence-electron chi connectivity index (χ0n) is 10.8.